The summed E-state index contributed by atoms with van der Waals surface area (Å²) < 4.78 is 1.76. The second kappa shape index (κ2) is 7.82. The van der Waals surface area contributed by atoms with Crippen molar-refractivity contribution in [1.29, 1.82) is 0 Å². The van der Waals surface area contributed by atoms with Gasteiger partial charge in [-0.25, -0.2) is 9.97 Å². The van der Waals surface area contributed by atoms with Crippen molar-refractivity contribution in [1.82, 2.24) is 19.7 Å². The highest BCUT2D eigenvalue weighted by Crippen LogP contribution is 2.47. The van der Waals surface area contributed by atoms with E-state index in [-0.39, 0.29) is 17.7 Å². The van der Waals surface area contributed by atoms with Crippen LogP contribution in [0.3, 0.4) is 0 Å². The average Bonchev–Trinajstić information content (AvgIpc) is 3.46. The van der Waals surface area contributed by atoms with Gasteiger partial charge < -0.3 is 11.1 Å². The second-order valence-corrected chi connectivity index (χ2v) is 8.13. The van der Waals surface area contributed by atoms with Crippen molar-refractivity contribution in [3.05, 3.63) is 77.4 Å². The van der Waals surface area contributed by atoms with Crippen molar-refractivity contribution in [2.75, 3.05) is 11.1 Å². The number of rotatable bonds is 3. The van der Waals surface area contributed by atoms with Gasteiger partial charge in [-0.1, -0.05) is 24.1 Å². The van der Waals surface area contributed by atoms with Gasteiger partial charge in [0.05, 0.1) is 6.20 Å². The smallest absolute Gasteiger partial charge is 0.229 e. The van der Waals surface area contributed by atoms with Crippen LogP contribution in [0.1, 0.15) is 34.7 Å². The lowest BCUT2D eigenvalue weighted by molar-refractivity contribution is -0.117. The van der Waals surface area contributed by atoms with Crippen LogP contribution < -0.4 is 11.1 Å². The third-order valence-electron chi connectivity index (χ3n) is 5.75. The van der Waals surface area contributed by atoms with E-state index in [1.165, 1.54) is 0 Å². The average molecular weight is 422 g/mol. The summed E-state index contributed by atoms with van der Waals surface area (Å²) in [5.41, 5.74) is 9.85. The number of pyridine rings is 2. The van der Waals surface area contributed by atoms with Crippen LogP contribution in [-0.2, 0) is 11.8 Å². The fourth-order valence-electron chi connectivity index (χ4n) is 3.85. The largest absolute Gasteiger partial charge is 0.383 e. The minimum Gasteiger partial charge on any atom is -0.383 e. The molecule has 0 spiro atoms. The molecule has 2 atom stereocenters. The van der Waals surface area contributed by atoms with E-state index in [4.69, 9.17) is 5.73 Å². The molecular weight excluding hydrogens is 400 g/mol. The predicted molar refractivity (Wildman–Crippen MR) is 124 cm³/mol. The number of nitrogen functional groups attached to an aromatic ring is 1. The number of nitrogens with zero attached hydrogens (tertiary/aromatic N) is 4. The first-order chi connectivity index (χ1) is 15.5. The Morgan fingerprint density at radius 1 is 1.22 bits per heavy atom. The number of nitrogens with two attached hydrogens (primary N) is 1. The van der Waals surface area contributed by atoms with Crippen LogP contribution in [-0.4, -0.2) is 25.7 Å². The maximum absolute atomic E-state index is 12.7. The fraction of sp³-hybridized carbons (Fsp3) is 0.200. The van der Waals surface area contributed by atoms with Gasteiger partial charge in [0, 0.05) is 36.3 Å². The summed E-state index contributed by atoms with van der Waals surface area (Å²) >= 11 is 0. The number of benzene rings is 1. The lowest BCUT2D eigenvalue weighted by Crippen LogP contribution is -2.15. The van der Waals surface area contributed by atoms with Gasteiger partial charge >= 0.3 is 0 Å². The minimum absolute atomic E-state index is 0.0349. The summed E-state index contributed by atoms with van der Waals surface area (Å²) in [5.74, 6) is 7.22. The molecule has 1 amide bonds. The molecule has 0 unspecified atom stereocenters. The number of nitrogens with one attached hydrogen (secondary N) is 1. The molecule has 1 aromatic carbocycles. The molecule has 0 bridgehead atoms. The zero-order chi connectivity index (χ0) is 22.2. The summed E-state index contributed by atoms with van der Waals surface area (Å²) in [4.78, 5) is 21.4. The Morgan fingerprint density at radius 3 is 2.84 bits per heavy atom. The third-order valence-corrected chi connectivity index (χ3v) is 5.75. The molecule has 1 aliphatic rings. The molecule has 3 aromatic heterocycles. The number of carbonyl (C=O) groups is 1. The molecule has 0 saturated heterocycles. The number of hydrogen-bond donors (Lipinski definition) is 2. The Labute approximate surface area is 185 Å². The topological polar surface area (TPSA) is 98.7 Å². The molecule has 7 heteroatoms. The normalized spacial score (nSPS) is 16.9. The van der Waals surface area contributed by atoms with Crippen molar-refractivity contribution in [3.63, 3.8) is 0 Å². The Balaban J connectivity index is 1.36. The first-order valence-corrected chi connectivity index (χ1v) is 10.4. The van der Waals surface area contributed by atoms with Crippen LogP contribution in [0.25, 0.3) is 10.8 Å². The highest BCUT2D eigenvalue weighted by atomic mass is 16.2. The molecule has 3 N–H and O–H groups in total. The van der Waals surface area contributed by atoms with E-state index in [2.05, 4.69) is 32.2 Å². The van der Waals surface area contributed by atoms with Crippen molar-refractivity contribution in [2.45, 2.75) is 19.3 Å². The highest BCUT2D eigenvalue weighted by Gasteiger charge is 2.44. The molecule has 1 aliphatic carbocycles. The minimum atomic E-state index is -0.0604. The Bertz CT molecular complexity index is 1410. The molecule has 5 rings (SSSR count). The number of amides is 1. The quantitative estimate of drug-likeness (QED) is 0.493. The molecule has 0 aliphatic heterocycles. The van der Waals surface area contributed by atoms with E-state index in [0.717, 1.165) is 33.9 Å². The summed E-state index contributed by atoms with van der Waals surface area (Å²) in [6, 6.07) is 11.6. The summed E-state index contributed by atoms with van der Waals surface area (Å²) in [5, 5.41) is 8.68. The monoisotopic (exact) mass is 422 g/mol. The van der Waals surface area contributed by atoms with Crippen molar-refractivity contribution in [3.8, 4) is 11.8 Å². The van der Waals surface area contributed by atoms with Gasteiger partial charge in [0.2, 0.25) is 5.91 Å². The molecule has 158 valence electrons. The molecule has 0 radical (unpaired) electrons. The Hall–Kier alpha value is -4.18. The van der Waals surface area contributed by atoms with Crippen LogP contribution in [0.2, 0.25) is 0 Å². The van der Waals surface area contributed by atoms with E-state index < -0.39 is 0 Å². The van der Waals surface area contributed by atoms with E-state index in [0.29, 0.717) is 17.3 Å². The van der Waals surface area contributed by atoms with Gasteiger partial charge in [-0.2, -0.15) is 5.10 Å². The molecule has 1 fully saturated rings. The number of fused-ring (bicyclic) bond motifs is 1. The van der Waals surface area contributed by atoms with Crippen molar-refractivity contribution < 1.29 is 4.79 Å². The van der Waals surface area contributed by atoms with E-state index in [1.807, 2.05) is 62.8 Å². The predicted octanol–water partition coefficient (Wildman–Crippen LogP) is 3.40. The zero-order valence-electron chi connectivity index (χ0n) is 17.8. The van der Waals surface area contributed by atoms with Crippen LogP contribution in [0.5, 0.6) is 0 Å². The van der Waals surface area contributed by atoms with Crippen LogP contribution in [0.4, 0.5) is 11.6 Å². The van der Waals surface area contributed by atoms with Crippen LogP contribution in [0.15, 0.2) is 55.0 Å². The summed E-state index contributed by atoms with van der Waals surface area (Å²) in [6.45, 7) is 2.02. The standard InChI is InChI=1S/C25H22N6O/c1-15-5-3-4-6-16(15)7-8-19-9-17-10-23(27-13-22(17)24(26)29-19)30-25(32)21-11-20(21)18-12-28-31(2)14-18/h3-6,9-10,12-14,20-21H,11H2,1-2H3,(H2,26,29)(H,27,30,32)/t20-,21+/m0/s1. The van der Waals surface area contributed by atoms with Gasteiger partial charge in [-0.15, -0.1) is 0 Å². The van der Waals surface area contributed by atoms with E-state index in [1.54, 1.807) is 10.9 Å². The van der Waals surface area contributed by atoms with E-state index >= 15 is 0 Å². The van der Waals surface area contributed by atoms with Gasteiger partial charge in [0.25, 0.3) is 0 Å². The van der Waals surface area contributed by atoms with E-state index in [9.17, 15) is 4.79 Å². The zero-order valence-corrected chi connectivity index (χ0v) is 17.8. The third kappa shape index (κ3) is 3.91. The number of aromatic nitrogens is 4. The molecule has 7 nitrogen and oxygen atoms in total. The van der Waals surface area contributed by atoms with Gasteiger partial charge in [-0.3, -0.25) is 9.48 Å². The summed E-state index contributed by atoms with van der Waals surface area (Å²) in [7, 11) is 1.88. The SMILES string of the molecule is Cc1ccccc1C#Cc1cc2cc(NC(=O)[C@@H]3C[C@H]3c3cnn(C)c3)ncc2c(N)n1. The second-order valence-electron chi connectivity index (χ2n) is 8.13. The summed E-state index contributed by atoms with van der Waals surface area (Å²) in [6.07, 6.45) is 6.24. The Kier molecular flexibility index (Phi) is 4.83. The van der Waals surface area contributed by atoms with Crippen molar-refractivity contribution >= 4 is 28.3 Å². The number of anilines is 2. The maximum atomic E-state index is 12.7. The van der Waals surface area contributed by atoms with Gasteiger partial charge in [0.15, 0.2) is 0 Å². The number of carbonyl (C=O) groups excluding carboxylic acids is 1. The van der Waals surface area contributed by atoms with Crippen LogP contribution >= 0.6 is 0 Å². The van der Waals surface area contributed by atoms with Crippen molar-refractivity contribution in [2.24, 2.45) is 13.0 Å². The van der Waals surface area contributed by atoms with Gasteiger partial charge in [-0.05, 0) is 59.9 Å². The molecule has 1 saturated carbocycles. The fourth-order valence-corrected chi connectivity index (χ4v) is 3.85. The van der Waals surface area contributed by atoms with Gasteiger partial charge in [0.1, 0.15) is 17.3 Å². The molecule has 32 heavy (non-hydrogen) atoms. The van der Waals surface area contributed by atoms with Crippen LogP contribution in [0, 0.1) is 24.7 Å². The molecule has 4 aromatic rings. The number of aryl methyl sites for hydroxylation is 2. The first-order valence-electron chi connectivity index (χ1n) is 10.4. The highest BCUT2D eigenvalue weighted by molar-refractivity contribution is 5.98. The maximum Gasteiger partial charge on any atom is 0.229 e. The molecular formula is C25H22N6O. The lowest BCUT2D eigenvalue weighted by atomic mass is 10.1. The first kappa shape index (κ1) is 19.8. The molecule has 3 heterocycles. The lowest BCUT2D eigenvalue weighted by Gasteiger charge is -2.07. The number of hydrogen-bond acceptors (Lipinski definition) is 5. The Morgan fingerprint density at radius 2 is 2.06 bits per heavy atom.